The summed E-state index contributed by atoms with van der Waals surface area (Å²) in [6.45, 7) is 10.0. The number of phosphoric acid groups is 1. The maximum atomic E-state index is 9.95. The van der Waals surface area contributed by atoms with E-state index in [4.69, 9.17) is 39.6 Å². The third kappa shape index (κ3) is 12.3. The molecule has 0 aliphatic carbocycles. The van der Waals surface area contributed by atoms with Crippen molar-refractivity contribution in [2.45, 2.75) is 63.8 Å². The molecule has 1 unspecified atom stereocenters. The highest BCUT2D eigenvalue weighted by atomic mass is 31.2. The maximum Gasteiger partial charge on any atom is 0.466 e. The molecule has 2 aromatic heterocycles. The second-order valence-corrected chi connectivity index (χ2v) is 13.9. The minimum absolute atomic E-state index is 0.218. The Morgan fingerprint density at radius 2 is 1.59 bits per heavy atom. The Morgan fingerprint density at radius 1 is 0.961 bits per heavy atom. The number of anilines is 2. The molecule has 2 aromatic carbocycles. The molecule has 0 saturated carbocycles. The number of nitrogens with two attached hydrogens (primary N) is 1. The minimum atomic E-state index is -4.64. The molecule has 16 nitrogen and oxygen atoms in total. The lowest BCUT2D eigenvalue weighted by Crippen LogP contribution is -2.45. The highest BCUT2D eigenvalue weighted by Gasteiger charge is 2.44. The molecular weight excluding hydrogens is 681 g/mol. The summed E-state index contributed by atoms with van der Waals surface area (Å²) in [5, 5.41) is 28.7. The van der Waals surface area contributed by atoms with Gasteiger partial charge >= 0.3 is 7.82 Å². The number of hydrogen-bond acceptors (Lipinski definition) is 12. The van der Waals surface area contributed by atoms with Crippen LogP contribution in [-0.4, -0.2) is 118 Å². The summed E-state index contributed by atoms with van der Waals surface area (Å²) in [7, 11) is -4.64. The molecule has 0 spiro atoms. The van der Waals surface area contributed by atoms with Gasteiger partial charge in [0.05, 0.1) is 25.6 Å². The van der Waals surface area contributed by atoms with Crippen molar-refractivity contribution in [3.8, 4) is 0 Å². The summed E-state index contributed by atoms with van der Waals surface area (Å²) in [5.41, 5.74) is 9.08. The van der Waals surface area contributed by atoms with Crippen molar-refractivity contribution in [1.82, 2.24) is 24.4 Å². The van der Waals surface area contributed by atoms with Crippen LogP contribution in [0, 0.1) is 5.92 Å². The fraction of sp³-hybridized carbons (Fsp3) is 0.500. The number of hydrogen-bond donors (Lipinski definition) is 7. The first-order chi connectivity index (χ1) is 24.4. The van der Waals surface area contributed by atoms with E-state index in [1.54, 1.807) is 0 Å². The fourth-order valence-electron chi connectivity index (χ4n) is 5.94. The molecule has 8 N–H and O–H groups in total. The van der Waals surface area contributed by atoms with Crippen molar-refractivity contribution in [3.05, 3.63) is 78.9 Å². The fourth-order valence-corrected chi connectivity index (χ4v) is 5.94. The summed E-state index contributed by atoms with van der Waals surface area (Å²) in [6, 6.07) is 22.0. The summed E-state index contributed by atoms with van der Waals surface area (Å²) >= 11 is 0. The Hall–Kier alpha value is -3.54. The molecule has 0 amide bonds. The van der Waals surface area contributed by atoms with Gasteiger partial charge in [0, 0.05) is 25.4 Å². The van der Waals surface area contributed by atoms with Gasteiger partial charge in [-0.05, 0) is 49.5 Å². The quantitative estimate of drug-likeness (QED) is 0.103. The van der Waals surface area contributed by atoms with Crippen molar-refractivity contribution in [3.63, 3.8) is 0 Å². The number of rotatable bonds is 12. The van der Waals surface area contributed by atoms with E-state index >= 15 is 0 Å². The predicted molar refractivity (Wildman–Crippen MR) is 191 cm³/mol. The third-order valence-corrected chi connectivity index (χ3v) is 8.37. The Kier molecular flexibility index (Phi) is 15.3. The van der Waals surface area contributed by atoms with Crippen LogP contribution in [0.15, 0.2) is 73.3 Å². The van der Waals surface area contributed by atoms with Crippen LogP contribution in [0.2, 0.25) is 0 Å². The van der Waals surface area contributed by atoms with E-state index < -0.39 is 39.0 Å². The molecule has 0 bridgehead atoms. The number of fused-ring (bicyclic) bond motifs is 1. The Labute approximate surface area is 297 Å². The van der Waals surface area contributed by atoms with Gasteiger partial charge in [-0.1, -0.05) is 62.4 Å². The number of aliphatic hydroxyl groups excluding tert-OH is 3. The molecule has 17 heteroatoms. The van der Waals surface area contributed by atoms with Gasteiger partial charge in [0.15, 0.2) is 17.7 Å². The van der Waals surface area contributed by atoms with Crippen molar-refractivity contribution in [2.24, 2.45) is 5.92 Å². The van der Waals surface area contributed by atoms with E-state index in [0.717, 1.165) is 26.3 Å². The first-order valence-corrected chi connectivity index (χ1v) is 18.4. The number of nitrogen functional groups attached to an aromatic ring is 1. The van der Waals surface area contributed by atoms with Crippen LogP contribution in [-0.2, 0) is 20.6 Å². The molecule has 2 aliphatic heterocycles. The van der Waals surface area contributed by atoms with Crippen molar-refractivity contribution < 1.29 is 44.0 Å². The first kappa shape index (κ1) is 40.2. The van der Waals surface area contributed by atoms with Gasteiger partial charge in [0.25, 0.3) is 0 Å². The van der Waals surface area contributed by atoms with Crippen LogP contribution in [0.4, 0.5) is 11.5 Å². The number of imidazole rings is 1. The average molecular weight is 732 g/mol. The van der Waals surface area contributed by atoms with Gasteiger partial charge in [-0.25, -0.2) is 19.5 Å². The molecular formula is C34H50N7O9P. The highest BCUT2D eigenvalue weighted by Crippen LogP contribution is 2.31. The van der Waals surface area contributed by atoms with E-state index in [1.807, 2.05) is 0 Å². The zero-order valence-corrected chi connectivity index (χ0v) is 29.8. The molecule has 5 atom stereocenters. The number of likely N-dealkylation sites (tertiary alicyclic amines) is 1. The van der Waals surface area contributed by atoms with Crippen molar-refractivity contribution in [1.29, 1.82) is 0 Å². The Morgan fingerprint density at radius 3 is 2.18 bits per heavy atom. The lowest BCUT2D eigenvalue weighted by atomic mass is 10.1. The van der Waals surface area contributed by atoms with Crippen molar-refractivity contribution >= 4 is 30.5 Å². The van der Waals surface area contributed by atoms with E-state index in [1.165, 1.54) is 54.4 Å². The van der Waals surface area contributed by atoms with E-state index in [2.05, 4.69) is 99.3 Å². The number of benzene rings is 2. The lowest BCUT2D eigenvalue weighted by Gasteiger charge is -2.34. The molecule has 2 aliphatic rings. The molecule has 280 valence electrons. The van der Waals surface area contributed by atoms with E-state index in [0.29, 0.717) is 23.1 Å². The first-order valence-electron chi connectivity index (χ1n) is 16.8. The van der Waals surface area contributed by atoms with Crippen LogP contribution >= 0.6 is 7.82 Å². The Bertz CT molecular complexity index is 1630. The van der Waals surface area contributed by atoms with Crippen LogP contribution < -0.4 is 10.6 Å². The largest absolute Gasteiger partial charge is 0.466 e. The van der Waals surface area contributed by atoms with Gasteiger partial charge in [0.2, 0.25) is 0 Å². The summed E-state index contributed by atoms with van der Waals surface area (Å²) in [4.78, 5) is 38.6. The zero-order valence-electron chi connectivity index (χ0n) is 28.9. The number of ether oxygens (including phenoxy) is 2. The van der Waals surface area contributed by atoms with Gasteiger partial charge in [-0.15, -0.1) is 0 Å². The zero-order chi connectivity index (χ0) is 37.0. The molecule has 0 radical (unpaired) electrons. The van der Waals surface area contributed by atoms with Gasteiger partial charge in [-0.2, -0.15) is 0 Å². The molecule has 6 rings (SSSR count). The van der Waals surface area contributed by atoms with E-state index in [-0.39, 0.29) is 5.82 Å². The second kappa shape index (κ2) is 19.3. The second-order valence-electron chi connectivity index (χ2n) is 12.9. The van der Waals surface area contributed by atoms with Gasteiger partial charge in [-0.3, -0.25) is 9.47 Å². The summed E-state index contributed by atoms with van der Waals surface area (Å²) in [5.74, 6) is 0.800. The number of aliphatic hydroxyl groups is 3. The predicted octanol–water partition coefficient (Wildman–Crippen LogP) is 1.92. The smallest absolute Gasteiger partial charge is 0.394 e. The lowest BCUT2D eigenvalue weighted by molar-refractivity contribution is -0.0511. The normalized spacial score (nSPS) is 21.2. The van der Waals surface area contributed by atoms with E-state index in [9.17, 15) is 10.2 Å². The molecule has 2 fully saturated rings. The van der Waals surface area contributed by atoms with Crippen LogP contribution in [0.1, 0.15) is 38.5 Å². The monoisotopic (exact) mass is 731 g/mol. The van der Waals surface area contributed by atoms with Crippen LogP contribution in [0.25, 0.3) is 11.2 Å². The average Bonchev–Trinajstić information content (AvgIpc) is 3.85. The summed E-state index contributed by atoms with van der Waals surface area (Å²) in [6.07, 6.45) is 1.20. The molecule has 4 aromatic rings. The molecule has 4 heterocycles. The SMILES string of the molecule is CC(C)COCC(CN(Cc1ccccc1)c1ccccc1)N1CCCC1.Nc1ncnc2c1ncn2[C@@H]1O[C@H](CO)[C@@H](O)[C@H]1O.O=P(O)(O)O. The molecule has 2 saturated heterocycles. The van der Waals surface area contributed by atoms with Crippen LogP contribution in [0.5, 0.6) is 0 Å². The molecule has 51 heavy (non-hydrogen) atoms. The van der Waals surface area contributed by atoms with Crippen LogP contribution in [0.3, 0.4) is 0 Å². The number of nitrogens with zero attached hydrogens (tertiary/aromatic N) is 6. The Balaban J connectivity index is 0.000000211. The number of aromatic nitrogens is 4. The van der Waals surface area contributed by atoms with Gasteiger partial charge in [0.1, 0.15) is 30.2 Å². The minimum Gasteiger partial charge on any atom is -0.394 e. The standard InChI is InChI=1S/C24H34N2O.C10H13N5O4.H3O4P/c1-21(2)19-27-20-24(25-15-9-10-16-25)18-26(23-13-7-4-8-14-23)17-22-11-5-3-6-12-22;11-8-5-9(13-2-12-8)15(3-14-5)10-7(18)6(17)4(1-16)19-10;1-5(2,3)4/h3-8,11-14,21,24H,9-10,15-20H2,1-2H3;2-4,6-7,10,16-18H,1H2,(H2,11,12,13);(H3,1,2,3,4)/t;4-,6-,7-,10-;/m.1./s1. The maximum absolute atomic E-state index is 9.95. The topological polar surface area (TPSA) is 233 Å². The number of para-hydroxylation sites is 1. The van der Waals surface area contributed by atoms with Crippen molar-refractivity contribution in [2.75, 3.05) is 50.1 Å². The van der Waals surface area contributed by atoms with Gasteiger partial charge < -0.3 is 50.1 Å². The summed E-state index contributed by atoms with van der Waals surface area (Å²) < 4.78 is 21.8. The third-order valence-electron chi connectivity index (χ3n) is 8.37. The highest BCUT2D eigenvalue weighted by molar-refractivity contribution is 7.45.